The molecule has 10 nitrogen and oxygen atoms in total. The summed E-state index contributed by atoms with van der Waals surface area (Å²) in [5, 5.41) is 14.8. The smallest absolute Gasteiger partial charge is 0.407 e. The first-order valence-corrected chi connectivity index (χ1v) is 11.5. The van der Waals surface area contributed by atoms with Gasteiger partial charge in [-0.1, -0.05) is 35.5 Å². The minimum absolute atomic E-state index is 0.00555. The molecule has 10 heteroatoms. The molecule has 2 atom stereocenters. The Morgan fingerprint density at radius 1 is 1.17 bits per heavy atom. The predicted molar refractivity (Wildman–Crippen MR) is 130 cm³/mol. The summed E-state index contributed by atoms with van der Waals surface area (Å²) in [5.41, 5.74) is 2.71. The van der Waals surface area contributed by atoms with Crippen LogP contribution in [0.1, 0.15) is 31.7 Å². The maximum Gasteiger partial charge on any atom is 0.407 e. The summed E-state index contributed by atoms with van der Waals surface area (Å²) >= 11 is 0. The van der Waals surface area contributed by atoms with Gasteiger partial charge in [0.1, 0.15) is 12.4 Å². The number of carbonyl (C=O) groups excluding carboxylic acids is 1. The Morgan fingerprint density at radius 3 is 2.74 bits per heavy atom. The molecule has 2 aromatic heterocycles. The molecule has 0 saturated heterocycles. The number of amides is 1. The number of alkyl carbamates (subject to hydrolysis) is 1. The SMILES string of the molecule is COc1ccc(-n2nnc3cnc(N[C@]4(C)CC[C@@H](NC(=O)OCc5ccccc5)C4)nc32)cc1. The summed E-state index contributed by atoms with van der Waals surface area (Å²) in [5.74, 6) is 1.25. The number of hydrogen-bond acceptors (Lipinski definition) is 8. The molecule has 1 fully saturated rings. The van der Waals surface area contributed by atoms with E-state index in [4.69, 9.17) is 9.47 Å². The number of fused-ring (bicyclic) bond motifs is 1. The van der Waals surface area contributed by atoms with Gasteiger partial charge in [0.2, 0.25) is 5.95 Å². The molecule has 0 spiro atoms. The summed E-state index contributed by atoms with van der Waals surface area (Å²) < 4.78 is 12.3. The van der Waals surface area contributed by atoms with E-state index in [2.05, 4.69) is 37.8 Å². The van der Waals surface area contributed by atoms with Crippen LogP contribution >= 0.6 is 0 Å². The first-order valence-electron chi connectivity index (χ1n) is 11.5. The Labute approximate surface area is 202 Å². The molecule has 1 saturated carbocycles. The second-order valence-electron chi connectivity index (χ2n) is 8.93. The van der Waals surface area contributed by atoms with Crippen LogP contribution in [0.3, 0.4) is 0 Å². The molecular formula is C25H27N7O3. The van der Waals surface area contributed by atoms with E-state index in [1.807, 2.05) is 54.6 Å². The Bertz CT molecular complexity index is 1310. The Balaban J connectivity index is 1.22. The van der Waals surface area contributed by atoms with Gasteiger partial charge >= 0.3 is 6.09 Å². The Hall–Kier alpha value is -4.21. The number of benzene rings is 2. The van der Waals surface area contributed by atoms with Crippen LogP contribution in [-0.4, -0.2) is 49.7 Å². The van der Waals surface area contributed by atoms with Gasteiger partial charge in [0.15, 0.2) is 11.2 Å². The minimum atomic E-state index is -0.407. The van der Waals surface area contributed by atoms with E-state index in [1.165, 1.54) is 0 Å². The third kappa shape index (κ3) is 5.16. The summed E-state index contributed by atoms with van der Waals surface area (Å²) in [6.07, 6.45) is 3.67. The van der Waals surface area contributed by atoms with Crippen LogP contribution in [0.25, 0.3) is 16.9 Å². The number of nitrogens with one attached hydrogen (secondary N) is 2. The molecule has 0 unspecified atom stereocenters. The second-order valence-corrected chi connectivity index (χ2v) is 8.93. The van der Waals surface area contributed by atoms with E-state index in [0.29, 0.717) is 17.1 Å². The van der Waals surface area contributed by atoms with Gasteiger partial charge in [0, 0.05) is 11.6 Å². The van der Waals surface area contributed by atoms with Crippen LogP contribution in [0.4, 0.5) is 10.7 Å². The molecular weight excluding hydrogens is 446 g/mol. The highest BCUT2D eigenvalue weighted by molar-refractivity contribution is 5.72. The van der Waals surface area contributed by atoms with Crippen molar-refractivity contribution in [3.05, 3.63) is 66.4 Å². The third-order valence-corrected chi connectivity index (χ3v) is 6.20. The summed E-state index contributed by atoms with van der Waals surface area (Å²) in [6, 6.07) is 17.1. The summed E-state index contributed by atoms with van der Waals surface area (Å²) in [6.45, 7) is 2.36. The third-order valence-electron chi connectivity index (χ3n) is 6.20. The zero-order valence-corrected chi connectivity index (χ0v) is 19.6. The topological polar surface area (TPSA) is 116 Å². The molecule has 1 aliphatic carbocycles. The van der Waals surface area contributed by atoms with E-state index >= 15 is 0 Å². The highest BCUT2D eigenvalue weighted by atomic mass is 16.5. The van der Waals surface area contributed by atoms with Gasteiger partial charge in [-0.05, 0) is 56.0 Å². The number of hydrogen-bond donors (Lipinski definition) is 2. The van der Waals surface area contributed by atoms with E-state index in [0.717, 1.165) is 36.3 Å². The molecule has 1 aliphatic rings. The number of carbonyl (C=O) groups is 1. The quantitative estimate of drug-likeness (QED) is 0.416. The maximum atomic E-state index is 12.3. The van der Waals surface area contributed by atoms with Crippen molar-refractivity contribution in [2.75, 3.05) is 12.4 Å². The molecule has 5 rings (SSSR count). The molecule has 4 aromatic rings. The van der Waals surface area contributed by atoms with Crippen molar-refractivity contribution in [3.8, 4) is 11.4 Å². The second kappa shape index (κ2) is 9.57. The fourth-order valence-corrected chi connectivity index (χ4v) is 4.36. The van der Waals surface area contributed by atoms with Gasteiger partial charge in [-0.3, -0.25) is 0 Å². The van der Waals surface area contributed by atoms with Gasteiger partial charge in [0.05, 0.1) is 19.0 Å². The minimum Gasteiger partial charge on any atom is -0.497 e. The zero-order chi connectivity index (χ0) is 24.3. The monoisotopic (exact) mass is 473 g/mol. The molecule has 2 heterocycles. The predicted octanol–water partition coefficient (Wildman–Crippen LogP) is 3.87. The van der Waals surface area contributed by atoms with Crippen LogP contribution in [0.2, 0.25) is 0 Å². The Morgan fingerprint density at radius 2 is 1.97 bits per heavy atom. The number of methoxy groups -OCH3 is 1. The van der Waals surface area contributed by atoms with Crippen molar-refractivity contribution in [3.63, 3.8) is 0 Å². The van der Waals surface area contributed by atoms with Crippen LogP contribution < -0.4 is 15.4 Å². The van der Waals surface area contributed by atoms with Crippen LogP contribution in [-0.2, 0) is 11.3 Å². The zero-order valence-electron chi connectivity index (χ0n) is 19.6. The maximum absolute atomic E-state index is 12.3. The van der Waals surface area contributed by atoms with E-state index in [1.54, 1.807) is 18.0 Å². The molecule has 0 aliphatic heterocycles. The van der Waals surface area contributed by atoms with Crippen LogP contribution in [0.15, 0.2) is 60.8 Å². The normalized spacial score (nSPS) is 19.4. The fraction of sp³-hybridized carbons (Fsp3) is 0.320. The van der Waals surface area contributed by atoms with Crippen molar-refractivity contribution < 1.29 is 14.3 Å². The van der Waals surface area contributed by atoms with Gasteiger partial charge in [0.25, 0.3) is 0 Å². The molecule has 2 aromatic carbocycles. The fourth-order valence-electron chi connectivity index (χ4n) is 4.36. The van der Waals surface area contributed by atoms with E-state index in [-0.39, 0.29) is 18.2 Å². The van der Waals surface area contributed by atoms with Gasteiger partial charge < -0.3 is 20.1 Å². The van der Waals surface area contributed by atoms with E-state index in [9.17, 15) is 4.79 Å². The van der Waals surface area contributed by atoms with Crippen LogP contribution in [0.5, 0.6) is 5.75 Å². The van der Waals surface area contributed by atoms with Crippen molar-refractivity contribution in [2.45, 2.75) is 44.4 Å². The highest BCUT2D eigenvalue weighted by Gasteiger charge is 2.36. The largest absolute Gasteiger partial charge is 0.497 e. The average molecular weight is 474 g/mol. The van der Waals surface area contributed by atoms with Crippen molar-refractivity contribution >= 4 is 23.2 Å². The first kappa shape index (κ1) is 22.6. The number of anilines is 1. The lowest BCUT2D eigenvalue weighted by molar-refractivity contribution is 0.135. The standard InChI is InChI=1S/C25H27N7O3/c1-25(13-12-18(14-25)27-24(33)35-16-17-6-4-3-5-7-17)29-23-26-15-21-22(28-23)32(31-30-21)19-8-10-20(34-2)11-9-19/h3-11,15,18H,12-14,16H2,1-2H3,(H,27,33)(H,26,28,29)/t18-,25-/m1/s1. The molecule has 0 radical (unpaired) electrons. The summed E-state index contributed by atoms with van der Waals surface area (Å²) in [7, 11) is 1.63. The highest BCUT2D eigenvalue weighted by Crippen LogP contribution is 2.32. The van der Waals surface area contributed by atoms with Crippen molar-refractivity contribution in [2.24, 2.45) is 0 Å². The number of ether oxygens (including phenoxy) is 2. The molecule has 0 bridgehead atoms. The van der Waals surface area contributed by atoms with Crippen LogP contribution in [0, 0.1) is 0 Å². The number of aromatic nitrogens is 5. The van der Waals surface area contributed by atoms with Gasteiger partial charge in [-0.15, -0.1) is 5.10 Å². The van der Waals surface area contributed by atoms with Crippen molar-refractivity contribution in [1.82, 2.24) is 30.3 Å². The van der Waals surface area contributed by atoms with Gasteiger partial charge in [-0.2, -0.15) is 9.67 Å². The molecule has 2 N–H and O–H groups in total. The first-order chi connectivity index (χ1) is 17.0. The Kier molecular flexibility index (Phi) is 6.17. The van der Waals surface area contributed by atoms with Crippen molar-refractivity contribution in [1.29, 1.82) is 0 Å². The average Bonchev–Trinajstić information content (AvgIpc) is 3.46. The lowest BCUT2D eigenvalue weighted by Gasteiger charge is -2.26. The lowest BCUT2D eigenvalue weighted by Crippen LogP contribution is -2.38. The van der Waals surface area contributed by atoms with Gasteiger partial charge in [-0.25, -0.2) is 9.78 Å². The molecule has 35 heavy (non-hydrogen) atoms. The summed E-state index contributed by atoms with van der Waals surface area (Å²) in [4.78, 5) is 21.4. The molecule has 1 amide bonds. The molecule has 180 valence electrons. The van der Waals surface area contributed by atoms with E-state index < -0.39 is 6.09 Å². The number of rotatable bonds is 7. The lowest BCUT2D eigenvalue weighted by atomic mass is 10.0. The number of nitrogens with zero attached hydrogens (tertiary/aromatic N) is 5.